The Labute approximate surface area is 221 Å². The lowest BCUT2D eigenvalue weighted by molar-refractivity contribution is -0.137. The van der Waals surface area contributed by atoms with Crippen molar-refractivity contribution >= 4 is 16.8 Å². The second-order valence-electron chi connectivity index (χ2n) is 9.76. The molecule has 4 aromatic rings. The topological polar surface area (TPSA) is 64.1 Å². The van der Waals surface area contributed by atoms with Crippen LogP contribution >= 0.6 is 0 Å². The Morgan fingerprint density at radius 1 is 0.974 bits per heavy atom. The van der Waals surface area contributed by atoms with Gasteiger partial charge in [0.2, 0.25) is 0 Å². The van der Waals surface area contributed by atoms with Crippen molar-refractivity contribution in [2.24, 2.45) is 0 Å². The summed E-state index contributed by atoms with van der Waals surface area (Å²) >= 11 is 0. The molecule has 1 heterocycles. The fraction of sp³-hybridized carbons (Fsp3) is 0.276. The molecule has 5 nitrogen and oxygen atoms in total. The van der Waals surface area contributed by atoms with Crippen molar-refractivity contribution in [3.8, 4) is 11.6 Å². The Bertz CT molecular complexity index is 1560. The van der Waals surface area contributed by atoms with Crippen molar-refractivity contribution in [2.75, 3.05) is 6.54 Å². The van der Waals surface area contributed by atoms with Crippen molar-refractivity contribution in [3.05, 3.63) is 94.0 Å². The quantitative estimate of drug-likeness (QED) is 0.247. The van der Waals surface area contributed by atoms with Gasteiger partial charge in [-0.05, 0) is 68.0 Å². The van der Waals surface area contributed by atoms with E-state index in [4.69, 9.17) is 4.74 Å². The number of aryl methyl sites for hydroxylation is 2. The van der Waals surface area contributed by atoms with E-state index in [0.717, 1.165) is 42.2 Å². The van der Waals surface area contributed by atoms with E-state index in [1.807, 2.05) is 6.07 Å². The first kappa shape index (κ1) is 26.5. The summed E-state index contributed by atoms with van der Waals surface area (Å²) in [5.74, 6) is -4.55. The van der Waals surface area contributed by atoms with Gasteiger partial charge in [0, 0.05) is 10.9 Å². The summed E-state index contributed by atoms with van der Waals surface area (Å²) in [6.45, 7) is 2.35. The van der Waals surface area contributed by atoms with Gasteiger partial charge >= 0.3 is 6.18 Å². The number of rotatable bonds is 7. The van der Waals surface area contributed by atoms with Gasteiger partial charge in [-0.25, -0.2) is 0 Å². The fourth-order valence-electron chi connectivity index (χ4n) is 4.52. The third-order valence-electron chi connectivity index (χ3n) is 6.65. The number of hydrogen-bond acceptors (Lipinski definition) is 4. The van der Waals surface area contributed by atoms with E-state index < -0.39 is 36.0 Å². The van der Waals surface area contributed by atoms with Crippen LogP contribution in [0.5, 0.6) is 11.6 Å². The minimum atomic E-state index is -4.62. The lowest BCUT2D eigenvalue weighted by Gasteiger charge is -2.20. The maximum atomic E-state index is 15.1. The summed E-state index contributed by atoms with van der Waals surface area (Å²) in [5, 5.41) is 10.6. The molecule has 1 aliphatic rings. The number of carbonyl (C=O) groups is 1. The highest BCUT2D eigenvalue weighted by Crippen LogP contribution is 2.41. The third kappa shape index (κ3) is 5.69. The molecule has 1 amide bonds. The zero-order chi connectivity index (χ0) is 27.9. The molecule has 39 heavy (non-hydrogen) atoms. The smallest absolute Gasteiger partial charge is 0.416 e. The monoisotopic (exact) mass is 541 g/mol. The molecule has 10 heteroatoms. The zero-order valence-corrected chi connectivity index (χ0v) is 21.1. The number of nitrogens with zero attached hydrogens (tertiary/aromatic N) is 2. The molecule has 0 spiro atoms. The van der Waals surface area contributed by atoms with Crippen molar-refractivity contribution in [2.45, 2.75) is 44.7 Å². The van der Waals surface area contributed by atoms with Crippen LogP contribution in [0.25, 0.3) is 10.9 Å². The molecule has 0 atom stereocenters. The van der Waals surface area contributed by atoms with Crippen LogP contribution in [0.2, 0.25) is 0 Å². The number of amides is 1. The molecule has 1 saturated carbocycles. The summed E-state index contributed by atoms with van der Waals surface area (Å²) in [7, 11) is 0. The number of aromatic nitrogens is 2. The van der Waals surface area contributed by atoms with Gasteiger partial charge in [-0.3, -0.25) is 4.79 Å². The Kier molecular flexibility index (Phi) is 6.74. The minimum Gasteiger partial charge on any atom is -0.437 e. The van der Waals surface area contributed by atoms with E-state index in [1.165, 1.54) is 12.1 Å². The number of fused-ring (bicyclic) bond motifs is 1. The van der Waals surface area contributed by atoms with Crippen molar-refractivity contribution in [1.29, 1.82) is 0 Å². The zero-order valence-electron chi connectivity index (χ0n) is 21.1. The predicted molar refractivity (Wildman–Crippen MR) is 135 cm³/mol. The molecule has 1 N–H and O–H groups in total. The molecule has 0 saturated heterocycles. The highest BCUT2D eigenvalue weighted by atomic mass is 19.4. The molecular weight excluding hydrogens is 517 g/mol. The first-order chi connectivity index (χ1) is 18.4. The van der Waals surface area contributed by atoms with E-state index in [0.29, 0.717) is 17.0 Å². The number of benzene rings is 3. The largest absolute Gasteiger partial charge is 0.437 e. The van der Waals surface area contributed by atoms with Crippen molar-refractivity contribution in [3.63, 3.8) is 0 Å². The molecule has 5 rings (SSSR count). The van der Waals surface area contributed by atoms with Gasteiger partial charge in [0.15, 0.2) is 0 Å². The number of hydrogen-bond donors (Lipinski definition) is 1. The van der Waals surface area contributed by atoms with Crippen LogP contribution in [0.4, 0.5) is 22.0 Å². The average molecular weight is 542 g/mol. The lowest BCUT2D eigenvalue weighted by Crippen LogP contribution is -2.35. The fourth-order valence-corrected chi connectivity index (χ4v) is 4.52. The average Bonchev–Trinajstić information content (AvgIpc) is 3.72. The van der Waals surface area contributed by atoms with Gasteiger partial charge in [-0.2, -0.15) is 22.0 Å². The van der Waals surface area contributed by atoms with Crippen LogP contribution in [0.1, 0.15) is 56.9 Å². The number of ether oxygens (including phenoxy) is 1. The van der Waals surface area contributed by atoms with Crippen molar-refractivity contribution < 1.29 is 31.5 Å². The maximum absolute atomic E-state index is 15.1. The summed E-state index contributed by atoms with van der Waals surface area (Å²) in [4.78, 5) is 13.4. The van der Waals surface area contributed by atoms with E-state index in [-0.39, 0.29) is 22.3 Å². The molecule has 0 aliphatic heterocycles. The Balaban J connectivity index is 1.50. The third-order valence-corrected chi connectivity index (χ3v) is 6.65. The molecule has 1 fully saturated rings. The normalized spacial score (nSPS) is 13.9. The summed E-state index contributed by atoms with van der Waals surface area (Å²) in [5.41, 5.74) is 1.19. The van der Waals surface area contributed by atoms with E-state index >= 15 is 8.78 Å². The van der Waals surface area contributed by atoms with Crippen LogP contribution in [0, 0.1) is 13.8 Å². The van der Waals surface area contributed by atoms with Gasteiger partial charge in [0.1, 0.15) is 11.3 Å². The SMILES string of the molecule is Cc1ccc(C(F)(F)CNC(=O)c2c(Oc3cccc(C(F)(F)F)c3)nnc3cc(C4CC4)ccc23)c(C)c1. The number of alkyl halides is 5. The Morgan fingerprint density at radius 2 is 1.74 bits per heavy atom. The molecule has 0 radical (unpaired) electrons. The highest BCUT2D eigenvalue weighted by molar-refractivity contribution is 6.08. The number of halogens is 5. The Hall–Kier alpha value is -4.08. The van der Waals surface area contributed by atoms with Gasteiger partial charge in [0.05, 0.1) is 17.6 Å². The number of carbonyl (C=O) groups excluding carboxylic acids is 1. The summed E-state index contributed by atoms with van der Waals surface area (Å²) < 4.78 is 75.5. The molecule has 1 aromatic heterocycles. The summed E-state index contributed by atoms with van der Waals surface area (Å²) in [6, 6.07) is 13.8. The Morgan fingerprint density at radius 3 is 2.44 bits per heavy atom. The van der Waals surface area contributed by atoms with Crippen LogP contribution < -0.4 is 10.1 Å². The molecule has 3 aromatic carbocycles. The maximum Gasteiger partial charge on any atom is 0.416 e. The molecule has 1 aliphatic carbocycles. The van der Waals surface area contributed by atoms with Crippen molar-refractivity contribution in [1.82, 2.24) is 15.5 Å². The van der Waals surface area contributed by atoms with Gasteiger partial charge in [-0.1, -0.05) is 42.0 Å². The minimum absolute atomic E-state index is 0.198. The second-order valence-corrected chi connectivity index (χ2v) is 9.76. The summed E-state index contributed by atoms with van der Waals surface area (Å²) in [6.07, 6.45) is -2.57. The van der Waals surface area contributed by atoms with Gasteiger partial charge in [0.25, 0.3) is 17.7 Å². The number of nitrogens with one attached hydrogen (secondary N) is 1. The van der Waals surface area contributed by atoms with Gasteiger partial charge in [-0.15, -0.1) is 10.2 Å². The second kappa shape index (κ2) is 9.91. The highest BCUT2D eigenvalue weighted by Gasteiger charge is 2.35. The van der Waals surface area contributed by atoms with E-state index in [1.54, 1.807) is 38.1 Å². The lowest BCUT2D eigenvalue weighted by atomic mass is 10.00. The van der Waals surface area contributed by atoms with E-state index in [2.05, 4.69) is 15.5 Å². The molecule has 0 bridgehead atoms. The molecular formula is C29H24F5N3O2. The van der Waals surface area contributed by atoms with Crippen LogP contribution in [-0.4, -0.2) is 22.6 Å². The van der Waals surface area contributed by atoms with Crippen LogP contribution in [0.15, 0.2) is 60.7 Å². The first-order valence-corrected chi connectivity index (χ1v) is 12.3. The molecule has 202 valence electrons. The van der Waals surface area contributed by atoms with E-state index in [9.17, 15) is 18.0 Å². The first-order valence-electron chi connectivity index (χ1n) is 12.3. The van der Waals surface area contributed by atoms with Crippen LogP contribution in [-0.2, 0) is 12.1 Å². The van der Waals surface area contributed by atoms with Gasteiger partial charge < -0.3 is 10.1 Å². The van der Waals surface area contributed by atoms with Crippen LogP contribution in [0.3, 0.4) is 0 Å². The predicted octanol–water partition coefficient (Wildman–Crippen LogP) is 7.46. The molecule has 0 unspecified atom stereocenters. The standard InChI is InChI=1S/C29H24F5N3O2/c1-16-6-11-23(17(2)12-16)28(30,31)15-35-26(38)25-22-10-9-19(18-7-8-18)13-24(22)36-37-27(25)39-21-5-3-4-20(14-21)29(32,33)34/h3-6,9-14,18H,7-8,15H2,1-2H3,(H,35,38).